The van der Waals surface area contributed by atoms with Crippen LogP contribution in [0.1, 0.15) is 83.1 Å². The van der Waals surface area contributed by atoms with Crippen LogP contribution >= 0.6 is 0 Å². The number of nitrogens with one attached hydrogen (secondary N) is 2. The van der Waals surface area contributed by atoms with E-state index in [1.165, 1.54) is 25.7 Å². The normalized spacial score (nSPS) is 25.1. The minimum atomic E-state index is 0.326. The second-order valence-corrected chi connectivity index (χ2v) is 10.5. The van der Waals surface area contributed by atoms with E-state index in [2.05, 4.69) is 20.1 Å². The molecule has 3 aliphatic rings. The molecular weight excluding hydrogens is 428 g/mol. The summed E-state index contributed by atoms with van der Waals surface area (Å²) >= 11 is 0. The molecule has 3 heterocycles. The minimum Gasteiger partial charge on any atom is -0.365 e. The van der Waals surface area contributed by atoms with E-state index >= 15 is 0 Å². The summed E-state index contributed by atoms with van der Waals surface area (Å²) in [5.74, 6) is 1.57. The molecular formula is C25H40N8O. The quantitative estimate of drug-likeness (QED) is 0.379. The second kappa shape index (κ2) is 11.0. The monoisotopic (exact) mass is 468 g/mol. The molecule has 1 aliphatic heterocycles. The Labute approximate surface area is 202 Å². The van der Waals surface area contributed by atoms with E-state index in [1.807, 2.05) is 6.33 Å². The SMILES string of the molecule is NC1CCC(Nc2nc(NC3CCN(CCCC=O)CC3)c3ncn(C4CCCC4)c3n2)CC1. The molecule has 0 atom stereocenters. The molecule has 186 valence electrons. The highest BCUT2D eigenvalue weighted by molar-refractivity contribution is 5.84. The fraction of sp³-hybridized carbons (Fsp3) is 0.760. The summed E-state index contributed by atoms with van der Waals surface area (Å²) in [4.78, 5) is 27.8. The molecule has 2 aromatic rings. The van der Waals surface area contributed by atoms with Crippen molar-refractivity contribution in [3.05, 3.63) is 6.33 Å². The van der Waals surface area contributed by atoms with Crippen molar-refractivity contribution in [1.29, 1.82) is 0 Å². The highest BCUT2D eigenvalue weighted by Gasteiger charge is 2.26. The van der Waals surface area contributed by atoms with Crippen molar-refractivity contribution < 1.29 is 4.79 Å². The molecule has 2 aromatic heterocycles. The first kappa shape index (κ1) is 23.5. The fourth-order valence-corrected chi connectivity index (χ4v) is 5.87. The lowest BCUT2D eigenvalue weighted by atomic mass is 9.92. The molecule has 5 rings (SSSR count). The van der Waals surface area contributed by atoms with Crippen molar-refractivity contribution >= 4 is 29.2 Å². The number of likely N-dealkylation sites (tertiary alicyclic amines) is 1. The molecule has 2 saturated carbocycles. The van der Waals surface area contributed by atoms with E-state index in [1.54, 1.807) is 0 Å². The number of hydrogen-bond donors (Lipinski definition) is 3. The number of piperidine rings is 1. The highest BCUT2D eigenvalue weighted by atomic mass is 16.1. The van der Waals surface area contributed by atoms with E-state index < -0.39 is 0 Å². The average molecular weight is 469 g/mol. The topological polar surface area (TPSA) is 114 Å². The Balaban J connectivity index is 1.33. The zero-order chi connectivity index (χ0) is 23.3. The largest absolute Gasteiger partial charge is 0.365 e. The maximum atomic E-state index is 10.6. The predicted molar refractivity (Wildman–Crippen MR) is 135 cm³/mol. The van der Waals surface area contributed by atoms with Crippen LogP contribution in [0.5, 0.6) is 0 Å². The Morgan fingerprint density at radius 1 is 0.971 bits per heavy atom. The fourth-order valence-electron chi connectivity index (χ4n) is 5.87. The molecule has 9 heteroatoms. The lowest BCUT2D eigenvalue weighted by molar-refractivity contribution is -0.108. The number of carbonyl (C=O) groups is 1. The van der Waals surface area contributed by atoms with Gasteiger partial charge < -0.3 is 30.6 Å². The first-order chi connectivity index (χ1) is 16.7. The van der Waals surface area contributed by atoms with Gasteiger partial charge in [-0.15, -0.1) is 0 Å². The van der Waals surface area contributed by atoms with Crippen molar-refractivity contribution in [2.75, 3.05) is 30.3 Å². The number of hydrogen-bond acceptors (Lipinski definition) is 8. The zero-order valence-electron chi connectivity index (χ0n) is 20.3. The Bertz CT molecular complexity index is 940. The van der Waals surface area contributed by atoms with Gasteiger partial charge in [-0.1, -0.05) is 12.8 Å². The summed E-state index contributed by atoms with van der Waals surface area (Å²) in [6, 6.07) is 1.56. The summed E-state index contributed by atoms with van der Waals surface area (Å²) in [5, 5.41) is 7.35. The van der Waals surface area contributed by atoms with Crippen LogP contribution in [0.4, 0.5) is 11.8 Å². The molecule has 9 nitrogen and oxygen atoms in total. The van der Waals surface area contributed by atoms with Crippen LogP contribution in [0.3, 0.4) is 0 Å². The first-order valence-corrected chi connectivity index (χ1v) is 13.4. The van der Waals surface area contributed by atoms with Crippen molar-refractivity contribution in [2.24, 2.45) is 5.73 Å². The van der Waals surface area contributed by atoms with Gasteiger partial charge in [0.1, 0.15) is 6.29 Å². The average Bonchev–Trinajstić information content (AvgIpc) is 3.52. The summed E-state index contributed by atoms with van der Waals surface area (Å²) < 4.78 is 2.28. The summed E-state index contributed by atoms with van der Waals surface area (Å²) in [7, 11) is 0. The second-order valence-electron chi connectivity index (χ2n) is 10.5. The number of aromatic nitrogens is 4. The lowest BCUT2D eigenvalue weighted by Crippen LogP contribution is -2.39. The van der Waals surface area contributed by atoms with Gasteiger partial charge in [0, 0.05) is 43.7 Å². The summed E-state index contributed by atoms with van der Waals surface area (Å²) in [6.45, 7) is 3.11. The van der Waals surface area contributed by atoms with Gasteiger partial charge in [-0.25, -0.2) is 4.98 Å². The lowest BCUT2D eigenvalue weighted by Gasteiger charge is -2.32. The van der Waals surface area contributed by atoms with Crippen LogP contribution < -0.4 is 16.4 Å². The maximum Gasteiger partial charge on any atom is 0.227 e. The van der Waals surface area contributed by atoms with Crippen LogP contribution in [0.25, 0.3) is 11.2 Å². The van der Waals surface area contributed by atoms with Crippen LogP contribution in [-0.4, -0.2) is 68.5 Å². The Hall–Kier alpha value is -2.26. The third-order valence-corrected chi connectivity index (χ3v) is 7.97. The van der Waals surface area contributed by atoms with Gasteiger partial charge in [0.2, 0.25) is 5.95 Å². The third kappa shape index (κ3) is 5.51. The van der Waals surface area contributed by atoms with Crippen molar-refractivity contribution in [3.8, 4) is 0 Å². The van der Waals surface area contributed by atoms with Gasteiger partial charge in [-0.05, 0) is 64.3 Å². The molecule has 0 bridgehead atoms. The molecule has 0 spiro atoms. The molecule has 2 aliphatic carbocycles. The highest BCUT2D eigenvalue weighted by Crippen LogP contribution is 2.33. The van der Waals surface area contributed by atoms with E-state index in [9.17, 15) is 4.79 Å². The predicted octanol–water partition coefficient (Wildman–Crippen LogP) is 3.48. The number of aldehydes is 1. The van der Waals surface area contributed by atoms with Crippen LogP contribution in [0, 0.1) is 0 Å². The van der Waals surface area contributed by atoms with Crippen molar-refractivity contribution in [1.82, 2.24) is 24.4 Å². The van der Waals surface area contributed by atoms with E-state index in [0.717, 1.165) is 87.8 Å². The molecule has 0 radical (unpaired) electrons. The first-order valence-electron chi connectivity index (χ1n) is 13.4. The van der Waals surface area contributed by atoms with Crippen LogP contribution in [0.15, 0.2) is 6.33 Å². The summed E-state index contributed by atoms with van der Waals surface area (Å²) in [5.41, 5.74) is 7.95. The third-order valence-electron chi connectivity index (χ3n) is 7.97. The number of nitrogens with zero attached hydrogens (tertiary/aromatic N) is 5. The molecule has 4 N–H and O–H groups in total. The zero-order valence-corrected chi connectivity index (χ0v) is 20.3. The van der Waals surface area contributed by atoms with E-state index in [4.69, 9.17) is 20.7 Å². The van der Waals surface area contributed by atoms with Gasteiger partial charge in [0.25, 0.3) is 0 Å². The Morgan fingerprint density at radius 3 is 2.44 bits per heavy atom. The Kier molecular flexibility index (Phi) is 7.59. The smallest absolute Gasteiger partial charge is 0.227 e. The molecule has 1 saturated heterocycles. The number of carbonyl (C=O) groups excluding carboxylic acids is 1. The number of rotatable bonds is 9. The number of imidazole rings is 1. The van der Waals surface area contributed by atoms with Crippen LogP contribution in [-0.2, 0) is 4.79 Å². The van der Waals surface area contributed by atoms with Gasteiger partial charge in [0.15, 0.2) is 17.0 Å². The van der Waals surface area contributed by atoms with Crippen LogP contribution in [0.2, 0.25) is 0 Å². The Morgan fingerprint density at radius 2 is 1.71 bits per heavy atom. The van der Waals surface area contributed by atoms with Crippen molar-refractivity contribution in [2.45, 2.75) is 101 Å². The maximum absolute atomic E-state index is 10.6. The molecule has 3 fully saturated rings. The number of fused-ring (bicyclic) bond motifs is 1. The van der Waals surface area contributed by atoms with Gasteiger partial charge in [-0.2, -0.15) is 9.97 Å². The number of anilines is 2. The number of unbranched alkanes of at least 4 members (excludes halogenated alkanes) is 1. The number of nitrogens with two attached hydrogens (primary N) is 1. The van der Waals surface area contributed by atoms with Gasteiger partial charge >= 0.3 is 0 Å². The molecule has 34 heavy (non-hydrogen) atoms. The molecule has 0 aromatic carbocycles. The van der Waals surface area contributed by atoms with Crippen molar-refractivity contribution in [3.63, 3.8) is 0 Å². The molecule has 0 amide bonds. The standard InChI is InChI=1S/C25H40N8O/c26-18-7-9-19(10-8-18)29-25-30-23(28-20-11-14-32(15-12-20)13-3-4-16-34)22-24(31-25)33(17-27-22)21-5-1-2-6-21/h16-21H,1-15,26H2,(H2,28,29,30,31). The summed E-state index contributed by atoms with van der Waals surface area (Å²) in [6.07, 6.45) is 15.9. The molecule has 0 unspecified atom stereocenters. The van der Waals surface area contributed by atoms with E-state index in [-0.39, 0.29) is 0 Å². The van der Waals surface area contributed by atoms with Gasteiger partial charge in [0.05, 0.1) is 6.33 Å². The van der Waals surface area contributed by atoms with E-state index in [0.29, 0.717) is 36.5 Å². The van der Waals surface area contributed by atoms with Gasteiger partial charge in [-0.3, -0.25) is 0 Å². The minimum absolute atomic E-state index is 0.326.